The maximum absolute atomic E-state index is 12.8. The SMILES string of the molecule is CCOc1ccc(C(=O)N2CCCCC(c3ccccc3)C2)cn1. The number of rotatable bonds is 4. The van der Waals surface area contributed by atoms with Gasteiger partial charge in [0.25, 0.3) is 5.91 Å². The van der Waals surface area contributed by atoms with Crippen molar-refractivity contribution >= 4 is 5.91 Å². The number of ether oxygens (including phenoxy) is 1. The highest BCUT2D eigenvalue weighted by atomic mass is 16.5. The molecule has 1 aromatic carbocycles. The van der Waals surface area contributed by atoms with Gasteiger partial charge < -0.3 is 9.64 Å². The molecule has 3 rings (SSSR count). The fourth-order valence-corrected chi connectivity index (χ4v) is 3.25. The van der Waals surface area contributed by atoms with Gasteiger partial charge in [0.05, 0.1) is 12.2 Å². The zero-order chi connectivity index (χ0) is 16.8. The molecule has 2 heterocycles. The lowest BCUT2D eigenvalue weighted by molar-refractivity contribution is 0.0754. The van der Waals surface area contributed by atoms with Crippen LogP contribution in [-0.2, 0) is 0 Å². The Balaban J connectivity index is 1.73. The van der Waals surface area contributed by atoms with Crippen molar-refractivity contribution < 1.29 is 9.53 Å². The van der Waals surface area contributed by atoms with Crippen LogP contribution in [0.4, 0.5) is 0 Å². The number of benzene rings is 1. The normalized spacial score (nSPS) is 18.0. The number of hydrogen-bond acceptors (Lipinski definition) is 3. The molecule has 1 amide bonds. The highest BCUT2D eigenvalue weighted by Crippen LogP contribution is 2.27. The molecular formula is C20H24N2O2. The smallest absolute Gasteiger partial charge is 0.255 e. The fourth-order valence-electron chi connectivity index (χ4n) is 3.25. The van der Waals surface area contributed by atoms with Crippen LogP contribution < -0.4 is 4.74 Å². The first-order valence-electron chi connectivity index (χ1n) is 8.71. The van der Waals surface area contributed by atoms with Crippen LogP contribution in [-0.4, -0.2) is 35.5 Å². The van der Waals surface area contributed by atoms with Gasteiger partial charge in [-0.25, -0.2) is 4.98 Å². The number of nitrogens with zero attached hydrogens (tertiary/aromatic N) is 2. The van der Waals surface area contributed by atoms with Gasteiger partial charge in [-0.1, -0.05) is 36.8 Å². The largest absolute Gasteiger partial charge is 0.478 e. The van der Waals surface area contributed by atoms with Gasteiger partial charge in [0.1, 0.15) is 0 Å². The molecule has 1 aliphatic heterocycles. The summed E-state index contributed by atoms with van der Waals surface area (Å²) in [6, 6.07) is 14.1. The van der Waals surface area contributed by atoms with Crippen molar-refractivity contribution in [1.82, 2.24) is 9.88 Å². The number of pyridine rings is 1. The van der Waals surface area contributed by atoms with E-state index in [-0.39, 0.29) is 5.91 Å². The van der Waals surface area contributed by atoms with Crippen molar-refractivity contribution in [2.24, 2.45) is 0 Å². The van der Waals surface area contributed by atoms with Crippen LogP contribution in [0.25, 0.3) is 0 Å². The zero-order valence-corrected chi connectivity index (χ0v) is 14.1. The second kappa shape index (κ2) is 7.95. The van der Waals surface area contributed by atoms with Crippen LogP contribution in [0.3, 0.4) is 0 Å². The molecule has 1 aromatic heterocycles. The Morgan fingerprint density at radius 2 is 2.04 bits per heavy atom. The van der Waals surface area contributed by atoms with E-state index in [4.69, 9.17) is 4.74 Å². The third kappa shape index (κ3) is 3.94. The third-order valence-corrected chi connectivity index (χ3v) is 4.51. The second-order valence-electron chi connectivity index (χ2n) is 6.17. The van der Waals surface area contributed by atoms with E-state index >= 15 is 0 Å². The van der Waals surface area contributed by atoms with Crippen molar-refractivity contribution in [3.63, 3.8) is 0 Å². The average Bonchev–Trinajstić information content (AvgIpc) is 2.89. The molecule has 1 fully saturated rings. The number of carbonyl (C=O) groups is 1. The molecule has 1 atom stereocenters. The molecular weight excluding hydrogens is 300 g/mol. The molecule has 0 aliphatic carbocycles. The van der Waals surface area contributed by atoms with Crippen LogP contribution in [0, 0.1) is 0 Å². The molecule has 1 unspecified atom stereocenters. The molecule has 24 heavy (non-hydrogen) atoms. The summed E-state index contributed by atoms with van der Waals surface area (Å²) in [4.78, 5) is 19.0. The van der Waals surface area contributed by atoms with Gasteiger partial charge in [0.15, 0.2) is 0 Å². The van der Waals surface area contributed by atoms with E-state index in [1.807, 2.05) is 24.0 Å². The summed E-state index contributed by atoms with van der Waals surface area (Å²) < 4.78 is 5.34. The van der Waals surface area contributed by atoms with E-state index in [9.17, 15) is 4.79 Å². The van der Waals surface area contributed by atoms with E-state index < -0.39 is 0 Å². The highest BCUT2D eigenvalue weighted by Gasteiger charge is 2.24. The standard InChI is InChI=1S/C20H24N2O2/c1-2-24-19-12-11-17(14-21-19)20(23)22-13-7-6-10-18(15-22)16-8-4-3-5-9-16/h3-5,8-9,11-12,14,18H,2,6-7,10,13,15H2,1H3. The maximum atomic E-state index is 12.8. The minimum atomic E-state index is 0.0633. The Morgan fingerprint density at radius 1 is 1.21 bits per heavy atom. The summed E-state index contributed by atoms with van der Waals surface area (Å²) >= 11 is 0. The predicted octanol–water partition coefficient (Wildman–Crippen LogP) is 3.89. The van der Waals surface area contributed by atoms with Crippen LogP contribution in [0.5, 0.6) is 5.88 Å². The molecule has 0 spiro atoms. The van der Waals surface area contributed by atoms with Crippen LogP contribution in [0.1, 0.15) is 48.0 Å². The molecule has 0 bridgehead atoms. The predicted molar refractivity (Wildman–Crippen MR) is 94.3 cm³/mol. The van der Waals surface area contributed by atoms with Crippen molar-refractivity contribution in [2.45, 2.75) is 32.1 Å². The minimum absolute atomic E-state index is 0.0633. The summed E-state index contributed by atoms with van der Waals surface area (Å²) in [6.07, 6.45) is 4.97. The minimum Gasteiger partial charge on any atom is -0.478 e. The number of hydrogen-bond donors (Lipinski definition) is 0. The second-order valence-corrected chi connectivity index (χ2v) is 6.17. The van der Waals surface area contributed by atoms with Gasteiger partial charge in [-0.15, -0.1) is 0 Å². The van der Waals surface area contributed by atoms with E-state index in [0.29, 0.717) is 24.0 Å². The number of carbonyl (C=O) groups excluding carboxylic acids is 1. The summed E-state index contributed by atoms with van der Waals surface area (Å²) in [6.45, 7) is 4.08. The number of likely N-dealkylation sites (tertiary alicyclic amines) is 1. The van der Waals surface area contributed by atoms with E-state index in [1.165, 1.54) is 5.56 Å². The third-order valence-electron chi connectivity index (χ3n) is 4.51. The van der Waals surface area contributed by atoms with Crippen molar-refractivity contribution in [2.75, 3.05) is 19.7 Å². The Labute approximate surface area is 143 Å². The Hall–Kier alpha value is -2.36. The van der Waals surface area contributed by atoms with Crippen molar-refractivity contribution in [1.29, 1.82) is 0 Å². The summed E-state index contributed by atoms with van der Waals surface area (Å²) in [5.74, 6) is 1.04. The first kappa shape index (κ1) is 16.5. The van der Waals surface area contributed by atoms with Crippen molar-refractivity contribution in [3.05, 3.63) is 59.8 Å². The Morgan fingerprint density at radius 3 is 2.75 bits per heavy atom. The molecule has 1 aliphatic rings. The van der Waals surface area contributed by atoms with Gasteiger partial charge in [0, 0.05) is 31.3 Å². The van der Waals surface area contributed by atoms with Crippen LogP contribution in [0.2, 0.25) is 0 Å². The molecule has 0 N–H and O–H groups in total. The van der Waals surface area contributed by atoms with E-state index in [0.717, 1.165) is 32.4 Å². The average molecular weight is 324 g/mol. The van der Waals surface area contributed by atoms with Gasteiger partial charge in [-0.2, -0.15) is 0 Å². The van der Waals surface area contributed by atoms with Gasteiger partial charge in [-0.3, -0.25) is 4.79 Å². The topological polar surface area (TPSA) is 42.4 Å². The molecule has 1 saturated heterocycles. The van der Waals surface area contributed by atoms with Gasteiger partial charge in [-0.05, 0) is 31.4 Å². The quantitative estimate of drug-likeness (QED) is 0.857. The van der Waals surface area contributed by atoms with Gasteiger partial charge in [0.2, 0.25) is 5.88 Å². The number of amides is 1. The number of aromatic nitrogens is 1. The van der Waals surface area contributed by atoms with E-state index in [2.05, 4.69) is 29.2 Å². The lowest BCUT2D eigenvalue weighted by Crippen LogP contribution is -2.34. The first-order chi connectivity index (χ1) is 11.8. The molecule has 126 valence electrons. The Kier molecular flexibility index (Phi) is 5.47. The summed E-state index contributed by atoms with van der Waals surface area (Å²) in [5.41, 5.74) is 1.95. The summed E-state index contributed by atoms with van der Waals surface area (Å²) in [5, 5.41) is 0. The van der Waals surface area contributed by atoms with Crippen LogP contribution >= 0.6 is 0 Å². The highest BCUT2D eigenvalue weighted by molar-refractivity contribution is 5.94. The molecule has 2 aromatic rings. The summed E-state index contributed by atoms with van der Waals surface area (Å²) in [7, 11) is 0. The van der Waals surface area contributed by atoms with Crippen molar-refractivity contribution in [3.8, 4) is 5.88 Å². The first-order valence-corrected chi connectivity index (χ1v) is 8.71. The molecule has 0 saturated carbocycles. The molecule has 4 nitrogen and oxygen atoms in total. The van der Waals surface area contributed by atoms with Gasteiger partial charge >= 0.3 is 0 Å². The monoisotopic (exact) mass is 324 g/mol. The maximum Gasteiger partial charge on any atom is 0.255 e. The molecule has 0 radical (unpaired) electrons. The zero-order valence-electron chi connectivity index (χ0n) is 14.1. The Bertz CT molecular complexity index is 655. The van der Waals surface area contributed by atoms with Crippen LogP contribution in [0.15, 0.2) is 48.7 Å². The lowest BCUT2D eigenvalue weighted by atomic mass is 9.94. The molecule has 4 heteroatoms. The fraction of sp³-hybridized carbons (Fsp3) is 0.400. The van der Waals surface area contributed by atoms with E-state index in [1.54, 1.807) is 12.3 Å². The lowest BCUT2D eigenvalue weighted by Gasteiger charge is -2.25.